The second-order valence-electron chi connectivity index (χ2n) is 14.4. The van der Waals surface area contributed by atoms with E-state index in [0.717, 1.165) is 45.6 Å². The van der Waals surface area contributed by atoms with Gasteiger partial charge in [0.1, 0.15) is 11.3 Å². The van der Waals surface area contributed by atoms with Crippen LogP contribution >= 0.6 is 0 Å². The van der Waals surface area contributed by atoms with Crippen LogP contribution in [-0.4, -0.2) is 52.9 Å². The molecule has 52 heavy (non-hydrogen) atoms. The van der Waals surface area contributed by atoms with Crippen LogP contribution in [0.25, 0.3) is 16.5 Å². The number of ether oxygens (including phenoxy) is 1. The van der Waals surface area contributed by atoms with E-state index in [4.69, 9.17) is 10.5 Å². The van der Waals surface area contributed by atoms with Gasteiger partial charge in [-0.25, -0.2) is 9.48 Å². The van der Waals surface area contributed by atoms with E-state index in [2.05, 4.69) is 10.4 Å². The molecule has 6 rings (SSSR count). The van der Waals surface area contributed by atoms with Crippen LogP contribution in [0.15, 0.2) is 91.0 Å². The van der Waals surface area contributed by atoms with Crippen molar-refractivity contribution in [2.24, 2.45) is 11.7 Å². The Bertz CT molecular complexity index is 2100. The van der Waals surface area contributed by atoms with Crippen LogP contribution in [0.4, 0.5) is 29.3 Å². The van der Waals surface area contributed by atoms with Gasteiger partial charge in [-0.1, -0.05) is 54.6 Å². The van der Waals surface area contributed by atoms with Crippen molar-refractivity contribution in [3.63, 3.8) is 0 Å². The van der Waals surface area contributed by atoms with Crippen LogP contribution < -0.4 is 16.0 Å². The lowest BCUT2D eigenvalue weighted by Crippen LogP contribution is -2.41. The summed E-state index contributed by atoms with van der Waals surface area (Å²) in [6, 6.07) is 25.7. The predicted molar refractivity (Wildman–Crippen MR) is 197 cm³/mol. The third kappa shape index (κ3) is 8.07. The maximum absolute atomic E-state index is 14.1. The topological polar surface area (TPSA) is 106 Å². The summed E-state index contributed by atoms with van der Waals surface area (Å²) in [4.78, 5) is 31.7. The lowest BCUT2D eigenvalue weighted by molar-refractivity contribution is -0.141. The molecule has 1 fully saturated rings. The Morgan fingerprint density at radius 2 is 1.65 bits per heavy atom. The van der Waals surface area contributed by atoms with Gasteiger partial charge in [0.05, 0.1) is 11.7 Å². The van der Waals surface area contributed by atoms with Crippen LogP contribution in [0, 0.1) is 5.92 Å². The van der Waals surface area contributed by atoms with Gasteiger partial charge in [0.2, 0.25) is 0 Å². The second-order valence-corrected chi connectivity index (χ2v) is 14.4. The summed E-state index contributed by atoms with van der Waals surface area (Å²) >= 11 is 0. The number of anilines is 2. The first-order valence-electron chi connectivity index (χ1n) is 17.2. The zero-order chi connectivity index (χ0) is 37.4. The highest BCUT2D eigenvalue weighted by Crippen LogP contribution is 2.41. The molecule has 1 atom stereocenters. The molecule has 9 nitrogen and oxygen atoms in total. The molecule has 12 heteroatoms. The van der Waals surface area contributed by atoms with Crippen molar-refractivity contribution in [1.82, 2.24) is 14.7 Å². The molecule has 1 unspecified atom stereocenters. The predicted octanol–water partition coefficient (Wildman–Crippen LogP) is 8.56. The van der Waals surface area contributed by atoms with Crippen LogP contribution in [0.2, 0.25) is 0 Å². The highest BCUT2D eigenvalue weighted by Gasteiger charge is 2.38. The van der Waals surface area contributed by atoms with E-state index < -0.39 is 35.5 Å². The number of alkyl halides is 3. The SMILES string of the molecule is CN(C)c1ccc(C(c2cccc(NC(=O)c3cc(C(F)(F)F)nn3-c3cccc(CN)c3)c2)N(CC2CC2)C(=O)OC(C)(C)C)c2ccccc12. The monoisotopic (exact) mass is 712 g/mol. The van der Waals surface area contributed by atoms with Gasteiger partial charge in [0, 0.05) is 50.0 Å². The summed E-state index contributed by atoms with van der Waals surface area (Å²) in [5.41, 5.74) is 7.34. The number of amides is 2. The van der Waals surface area contributed by atoms with Gasteiger partial charge in [-0.3, -0.25) is 9.69 Å². The fourth-order valence-electron chi connectivity index (χ4n) is 6.32. The van der Waals surface area contributed by atoms with Gasteiger partial charge in [-0.05, 0) is 91.9 Å². The third-order valence-corrected chi connectivity index (χ3v) is 8.89. The van der Waals surface area contributed by atoms with E-state index in [1.165, 1.54) is 0 Å². The number of nitrogens with two attached hydrogens (primary N) is 1. The number of nitrogens with one attached hydrogen (secondary N) is 1. The number of nitrogens with zero attached hydrogens (tertiary/aromatic N) is 4. The van der Waals surface area contributed by atoms with Crippen molar-refractivity contribution in [1.29, 1.82) is 0 Å². The first-order valence-corrected chi connectivity index (χ1v) is 17.2. The van der Waals surface area contributed by atoms with E-state index in [-0.39, 0.29) is 17.9 Å². The van der Waals surface area contributed by atoms with Gasteiger partial charge >= 0.3 is 12.3 Å². The van der Waals surface area contributed by atoms with Gasteiger partial charge in [0.25, 0.3) is 5.91 Å². The molecule has 0 radical (unpaired) electrons. The minimum absolute atomic E-state index is 0.158. The molecular formula is C40H43F3N6O3. The Balaban J connectivity index is 1.45. The number of benzene rings is 4. The first-order chi connectivity index (χ1) is 24.6. The zero-order valence-corrected chi connectivity index (χ0v) is 29.9. The van der Waals surface area contributed by atoms with Crippen LogP contribution in [0.1, 0.15) is 72.5 Å². The number of carbonyl (C=O) groups excluding carboxylic acids is 2. The van der Waals surface area contributed by atoms with Crippen LogP contribution in [0.3, 0.4) is 0 Å². The zero-order valence-electron chi connectivity index (χ0n) is 29.9. The molecule has 2 amide bonds. The van der Waals surface area contributed by atoms with Crippen LogP contribution in [0.5, 0.6) is 0 Å². The van der Waals surface area contributed by atoms with E-state index in [9.17, 15) is 22.8 Å². The number of rotatable bonds is 10. The Hall–Kier alpha value is -5.36. The minimum atomic E-state index is -4.78. The van der Waals surface area contributed by atoms with Crippen molar-refractivity contribution < 1.29 is 27.5 Å². The summed E-state index contributed by atoms with van der Waals surface area (Å²) in [5, 5.41) is 8.50. The molecule has 0 saturated heterocycles. The Kier molecular flexibility index (Phi) is 10.0. The quantitative estimate of drug-likeness (QED) is 0.150. The van der Waals surface area contributed by atoms with Gasteiger partial charge < -0.3 is 20.7 Å². The number of hydrogen-bond donors (Lipinski definition) is 2. The molecule has 0 aliphatic heterocycles. The Labute approximate surface area is 301 Å². The van der Waals surface area contributed by atoms with E-state index >= 15 is 0 Å². The molecule has 1 aliphatic rings. The molecule has 0 bridgehead atoms. The third-order valence-electron chi connectivity index (χ3n) is 8.89. The highest BCUT2D eigenvalue weighted by atomic mass is 19.4. The van der Waals surface area contributed by atoms with Gasteiger partial charge in [-0.2, -0.15) is 18.3 Å². The average molecular weight is 713 g/mol. The van der Waals surface area contributed by atoms with Gasteiger partial charge in [0.15, 0.2) is 5.69 Å². The van der Waals surface area contributed by atoms with Crippen molar-refractivity contribution >= 4 is 34.1 Å². The van der Waals surface area contributed by atoms with Crippen molar-refractivity contribution in [3.05, 3.63) is 119 Å². The van der Waals surface area contributed by atoms with Crippen molar-refractivity contribution in [2.45, 2.75) is 58.0 Å². The molecule has 1 aliphatic carbocycles. The summed E-state index contributed by atoms with van der Waals surface area (Å²) in [6.07, 6.45) is -3.27. The fourth-order valence-corrected chi connectivity index (χ4v) is 6.32. The average Bonchev–Trinajstić information content (AvgIpc) is 3.79. The summed E-state index contributed by atoms with van der Waals surface area (Å²) in [7, 11) is 3.95. The van der Waals surface area contributed by atoms with E-state index in [0.29, 0.717) is 29.3 Å². The highest BCUT2D eigenvalue weighted by molar-refractivity contribution is 6.03. The molecule has 4 aromatic carbocycles. The maximum Gasteiger partial charge on any atom is 0.435 e. The molecular weight excluding hydrogens is 669 g/mol. The molecule has 1 heterocycles. The number of aromatic nitrogens is 2. The lowest BCUT2D eigenvalue weighted by atomic mass is 9.91. The minimum Gasteiger partial charge on any atom is -0.444 e. The molecule has 272 valence electrons. The van der Waals surface area contributed by atoms with E-state index in [1.54, 1.807) is 47.4 Å². The Morgan fingerprint density at radius 3 is 2.31 bits per heavy atom. The molecule has 1 aromatic heterocycles. The summed E-state index contributed by atoms with van der Waals surface area (Å²) < 4.78 is 48.6. The largest absolute Gasteiger partial charge is 0.444 e. The molecule has 0 spiro atoms. The number of carbonyl (C=O) groups is 2. The first kappa shape index (κ1) is 36.4. The maximum atomic E-state index is 14.1. The van der Waals surface area contributed by atoms with Crippen LogP contribution in [-0.2, 0) is 17.5 Å². The van der Waals surface area contributed by atoms with Gasteiger partial charge in [-0.15, -0.1) is 0 Å². The smallest absolute Gasteiger partial charge is 0.435 e. The number of fused-ring (bicyclic) bond motifs is 1. The number of hydrogen-bond acceptors (Lipinski definition) is 6. The normalized spacial score (nSPS) is 13.9. The molecule has 3 N–H and O–H groups in total. The Morgan fingerprint density at radius 1 is 0.942 bits per heavy atom. The van der Waals surface area contributed by atoms with E-state index in [1.807, 2.05) is 82.2 Å². The summed E-state index contributed by atoms with van der Waals surface area (Å²) in [5.74, 6) is -0.483. The molecule has 1 saturated carbocycles. The van der Waals surface area contributed by atoms with Crippen molar-refractivity contribution in [2.75, 3.05) is 30.9 Å². The number of halogens is 3. The summed E-state index contributed by atoms with van der Waals surface area (Å²) in [6.45, 7) is 6.10. The lowest BCUT2D eigenvalue weighted by Gasteiger charge is -2.35. The van der Waals surface area contributed by atoms with Crippen molar-refractivity contribution in [3.8, 4) is 5.69 Å². The fraction of sp³-hybridized carbons (Fsp3) is 0.325. The second kappa shape index (κ2) is 14.3. The standard InChI is InChI=1S/C40H43F3N6O3/c1-39(2,3)52-38(51)48(24-25-16-17-25)36(32-18-19-33(47(4)5)31-15-7-6-14-30(31)32)27-11-9-12-28(21-27)45-37(50)34-22-35(40(41,42)43)46-49(34)29-13-8-10-26(20-29)23-44/h6-15,18-22,25,36H,16-17,23-24,44H2,1-5H3,(H,45,50). The molecule has 5 aromatic rings.